The van der Waals surface area contributed by atoms with Crippen molar-refractivity contribution in [3.05, 3.63) is 89.2 Å². The van der Waals surface area contributed by atoms with E-state index in [2.05, 4.69) is 61.7 Å². The number of carbonyl (C=O) groups is 1. The smallest absolute Gasteiger partial charge is 0.227 e. The van der Waals surface area contributed by atoms with Crippen LogP contribution in [0.2, 0.25) is 0 Å². The van der Waals surface area contributed by atoms with E-state index in [1.807, 2.05) is 35.2 Å². The number of aromatic nitrogens is 2. The fraction of sp³-hybridized carbons (Fsp3) is 0.286. The summed E-state index contributed by atoms with van der Waals surface area (Å²) < 4.78 is 8.25. The topological polar surface area (TPSA) is 47.4 Å². The van der Waals surface area contributed by atoms with Gasteiger partial charge in [-0.1, -0.05) is 42.0 Å². The Bertz CT molecular complexity index is 1310. The maximum atomic E-state index is 13.0. The van der Waals surface area contributed by atoms with Crippen LogP contribution in [0.3, 0.4) is 0 Å². The van der Waals surface area contributed by atoms with Gasteiger partial charge < -0.3 is 14.2 Å². The Morgan fingerprint density at radius 3 is 2.55 bits per heavy atom. The molecule has 5 rings (SSSR count). The van der Waals surface area contributed by atoms with E-state index in [1.54, 1.807) is 0 Å². The van der Waals surface area contributed by atoms with Crippen LogP contribution in [0.15, 0.2) is 66.7 Å². The highest BCUT2D eigenvalue weighted by atomic mass is 16.5. The fourth-order valence-corrected chi connectivity index (χ4v) is 4.65. The molecule has 0 aliphatic carbocycles. The van der Waals surface area contributed by atoms with Crippen molar-refractivity contribution in [2.24, 2.45) is 0 Å². The van der Waals surface area contributed by atoms with E-state index in [9.17, 15) is 4.79 Å². The lowest BCUT2D eigenvalue weighted by atomic mass is 10.1. The summed E-state index contributed by atoms with van der Waals surface area (Å²) in [6.07, 6.45) is 0.468. The molecule has 5 heteroatoms. The number of benzene rings is 3. The van der Waals surface area contributed by atoms with E-state index in [4.69, 9.17) is 9.72 Å². The molecule has 1 aliphatic heterocycles. The van der Waals surface area contributed by atoms with Gasteiger partial charge in [0.2, 0.25) is 5.91 Å². The molecular weight excluding hydrogens is 410 g/mol. The van der Waals surface area contributed by atoms with E-state index < -0.39 is 0 Å². The highest BCUT2D eigenvalue weighted by molar-refractivity contribution is 5.97. The Kier molecular flexibility index (Phi) is 5.63. The summed E-state index contributed by atoms with van der Waals surface area (Å²) in [6.45, 7) is 8.06. The van der Waals surface area contributed by atoms with Crippen molar-refractivity contribution in [2.75, 3.05) is 18.1 Å². The predicted molar refractivity (Wildman–Crippen MR) is 132 cm³/mol. The van der Waals surface area contributed by atoms with Gasteiger partial charge in [0.25, 0.3) is 0 Å². The van der Waals surface area contributed by atoms with Gasteiger partial charge in [-0.15, -0.1) is 0 Å². The zero-order valence-electron chi connectivity index (χ0n) is 19.4. The highest BCUT2D eigenvalue weighted by Crippen LogP contribution is 2.34. The van der Waals surface area contributed by atoms with Gasteiger partial charge in [-0.3, -0.25) is 4.79 Å². The Morgan fingerprint density at radius 1 is 0.970 bits per heavy atom. The number of hydrogen-bond acceptors (Lipinski definition) is 3. The maximum absolute atomic E-state index is 13.0. The summed E-state index contributed by atoms with van der Waals surface area (Å²) >= 11 is 0. The Morgan fingerprint density at radius 2 is 1.73 bits per heavy atom. The van der Waals surface area contributed by atoms with Crippen LogP contribution >= 0.6 is 0 Å². The van der Waals surface area contributed by atoms with Crippen molar-refractivity contribution >= 4 is 22.6 Å². The second-order valence-corrected chi connectivity index (χ2v) is 8.97. The van der Waals surface area contributed by atoms with E-state index >= 15 is 0 Å². The lowest BCUT2D eigenvalue weighted by molar-refractivity contribution is -0.117. The molecular formula is C28H29N3O2. The van der Waals surface area contributed by atoms with Crippen LogP contribution in [0.4, 0.5) is 5.69 Å². The van der Waals surface area contributed by atoms with Crippen LogP contribution in [0.1, 0.15) is 34.9 Å². The quantitative estimate of drug-likeness (QED) is 0.395. The number of aryl methyl sites for hydroxylation is 3. The third-order valence-corrected chi connectivity index (χ3v) is 6.43. The number of anilines is 1. The van der Waals surface area contributed by atoms with E-state index in [1.165, 1.54) is 5.56 Å². The largest absolute Gasteiger partial charge is 0.492 e. The Balaban J connectivity index is 1.41. The van der Waals surface area contributed by atoms with Gasteiger partial charge in [-0.05, 0) is 62.2 Å². The molecule has 0 unspecified atom stereocenters. The van der Waals surface area contributed by atoms with Gasteiger partial charge >= 0.3 is 0 Å². The number of fused-ring (bicyclic) bond motifs is 1. The van der Waals surface area contributed by atoms with Gasteiger partial charge in [0.1, 0.15) is 18.2 Å². The number of amides is 1. The summed E-state index contributed by atoms with van der Waals surface area (Å²) in [4.78, 5) is 19.9. The van der Waals surface area contributed by atoms with E-state index in [0.717, 1.165) is 39.4 Å². The SMILES string of the molecule is Cc1ccc(OCCn2c([C@H]3CC(=O)N(c4cc(C)ccc4C)C3)nc3ccccc32)cc1. The van der Waals surface area contributed by atoms with Crippen molar-refractivity contribution in [3.8, 4) is 5.75 Å². The molecule has 5 nitrogen and oxygen atoms in total. The molecule has 3 aromatic carbocycles. The van der Waals surface area contributed by atoms with Gasteiger partial charge in [0.15, 0.2) is 0 Å². The summed E-state index contributed by atoms with van der Waals surface area (Å²) in [6, 6.07) is 22.6. The molecule has 33 heavy (non-hydrogen) atoms. The highest BCUT2D eigenvalue weighted by Gasteiger charge is 2.35. The number of para-hydroxylation sites is 2. The lowest BCUT2D eigenvalue weighted by Gasteiger charge is -2.20. The fourth-order valence-electron chi connectivity index (χ4n) is 4.65. The second kappa shape index (κ2) is 8.74. The summed E-state index contributed by atoms with van der Waals surface area (Å²) in [5.74, 6) is 2.03. The third kappa shape index (κ3) is 4.23. The van der Waals surface area contributed by atoms with Crippen molar-refractivity contribution in [1.82, 2.24) is 9.55 Å². The zero-order valence-corrected chi connectivity index (χ0v) is 19.4. The third-order valence-electron chi connectivity index (χ3n) is 6.43. The Labute approximate surface area is 194 Å². The standard InChI is InChI=1S/C28H29N3O2/c1-19-9-12-23(13-10-19)33-15-14-30-25-7-5-4-6-24(25)29-28(30)22-17-27(32)31(18-22)26-16-20(2)8-11-21(26)3/h4-13,16,22H,14-15,17-18H2,1-3H3/t22-/m0/s1. The van der Waals surface area contributed by atoms with Crippen LogP contribution in [0.25, 0.3) is 11.0 Å². The molecule has 1 aromatic heterocycles. The minimum absolute atomic E-state index is 0.0455. The molecule has 0 radical (unpaired) electrons. The molecule has 168 valence electrons. The van der Waals surface area contributed by atoms with Crippen LogP contribution in [0, 0.1) is 20.8 Å². The molecule has 1 amide bonds. The first kappa shape index (κ1) is 21.3. The maximum Gasteiger partial charge on any atom is 0.227 e. The first-order valence-electron chi connectivity index (χ1n) is 11.5. The average molecular weight is 440 g/mol. The van der Waals surface area contributed by atoms with Crippen molar-refractivity contribution in [2.45, 2.75) is 39.7 Å². The minimum Gasteiger partial charge on any atom is -0.492 e. The Hall–Kier alpha value is -3.60. The number of carbonyl (C=O) groups excluding carboxylic acids is 1. The van der Waals surface area contributed by atoms with E-state index in [0.29, 0.717) is 26.1 Å². The van der Waals surface area contributed by atoms with Gasteiger partial charge in [-0.25, -0.2) is 4.98 Å². The number of hydrogen-bond donors (Lipinski definition) is 0. The van der Waals surface area contributed by atoms with E-state index in [-0.39, 0.29) is 11.8 Å². The normalized spacial score (nSPS) is 16.0. The summed E-state index contributed by atoms with van der Waals surface area (Å²) in [5, 5.41) is 0. The monoisotopic (exact) mass is 439 g/mol. The number of ether oxygens (including phenoxy) is 1. The van der Waals surface area contributed by atoms with Crippen molar-refractivity contribution in [3.63, 3.8) is 0 Å². The molecule has 0 saturated carbocycles. The van der Waals surface area contributed by atoms with Gasteiger partial charge in [0.05, 0.1) is 17.6 Å². The molecule has 1 aliphatic rings. The average Bonchev–Trinajstić information content (AvgIpc) is 3.37. The first-order valence-corrected chi connectivity index (χ1v) is 11.5. The van der Waals surface area contributed by atoms with Gasteiger partial charge in [-0.2, -0.15) is 0 Å². The van der Waals surface area contributed by atoms with Crippen LogP contribution in [-0.2, 0) is 11.3 Å². The molecule has 0 bridgehead atoms. The van der Waals surface area contributed by atoms with Crippen molar-refractivity contribution < 1.29 is 9.53 Å². The summed E-state index contributed by atoms with van der Waals surface area (Å²) in [7, 11) is 0. The van der Waals surface area contributed by atoms with Crippen molar-refractivity contribution in [1.29, 1.82) is 0 Å². The van der Waals surface area contributed by atoms with Gasteiger partial charge in [0, 0.05) is 24.6 Å². The van der Waals surface area contributed by atoms with Crippen LogP contribution in [-0.4, -0.2) is 28.6 Å². The lowest BCUT2D eigenvalue weighted by Crippen LogP contribution is -2.25. The second-order valence-electron chi connectivity index (χ2n) is 8.97. The van der Waals surface area contributed by atoms with Crippen LogP contribution < -0.4 is 9.64 Å². The van der Waals surface area contributed by atoms with Crippen LogP contribution in [0.5, 0.6) is 5.75 Å². The molecule has 0 spiro atoms. The molecule has 4 aromatic rings. The molecule has 0 N–H and O–H groups in total. The zero-order chi connectivity index (χ0) is 22.9. The number of nitrogens with zero attached hydrogens (tertiary/aromatic N) is 3. The molecule has 1 atom stereocenters. The molecule has 2 heterocycles. The number of rotatable bonds is 6. The first-order chi connectivity index (χ1) is 16.0. The molecule has 1 fully saturated rings. The number of imidazole rings is 1. The summed E-state index contributed by atoms with van der Waals surface area (Å²) in [5.41, 5.74) is 6.54. The molecule has 1 saturated heterocycles. The predicted octanol–water partition coefficient (Wildman–Crippen LogP) is 5.56. The minimum atomic E-state index is 0.0455.